The van der Waals surface area contributed by atoms with Crippen LogP contribution in [0.4, 0.5) is 11.4 Å². The fraction of sp³-hybridized carbons (Fsp3) is 0.190. The van der Waals surface area contributed by atoms with E-state index in [0.29, 0.717) is 36.9 Å². The second-order valence-electron chi connectivity index (χ2n) is 6.70. The fourth-order valence-corrected chi connectivity index (χ4v) is 3.31. The second kappa shape index (κ2) is 9.80. The van der Waals surface area contributed by atoms with Crippen molar-refractivity contribution in [1.29, 1.82) is 0 Å². The van der Waals surface area contributed by atoms with E-state index in [1.54, 1.807) is 18.2 Å². The van der Waals surface area contributed by atoms with Crippen molar-refractivity contribution in [2.24, 2.45) is 27.2 Å². The first-order valence-electron chi connectivity index (χ1n) is 9.43. The number of hydrogen-bond donors (Lipinski definition) is 3. The van der Waals surface area contributed by atoms with Gasteiger partial charge in [-0.25, -0.2) is 4.99 Å². The van der Waals surface area contributed by atoms with Crippen molar-refractivity contribution < 1.29 is 4.79 Å². The van der Waals surface area contributed by atoms with E-state index in [0.717, 1.165) is 11.3 Å². The summed E-state index contributed by atoms with van der Waals surface area (Å²) in [7, 11) is 0. The summed E-state index contributed by atoms with van der Waals surface area (Å²) < 4.78 is 0. The van der Waals surface area contributed by atoms with E-state index in [1.807, 2.05) is 47.4 Å². The van der Waals surface area contributed by atoms with Gasteiger partial charge >= 0.3 is 0 Å². The minimum Gasteiger partial charge on any atom is -0.370 e. The van der Waals surface area contributed by atoms with Crippen LogP contribution in [0.2, 0.25) is 5.02 Å². The number of benzene rings is 2. The number of halogens is 1. The molecule has 0 aliphatic carbocycles. The molecule has 0 bridgehead atoms. The summed E-state index contributed by atoms with van der Waals surface area (Å²) in [5.41, 5.74) is 18.9. The van der Waals surface area contributed by atoms with Crippen LogP contribution in [0.3, 0.4) is 0 Å². The number of hydrogen-bond acceptors (Lipinski definition) is 3. The number of nitrogens with two attached hydrogens (primary N) is 3. The minimum atomic E-state index is -0.171. The third kappa shape index (κ3) is 5.74. The zero-order chi connectivity index (χ0) is 21.5. The van der Waals surface area contributed by atoms with Crippen molar-refractivity contribution in [3.8, 4) is 0 Å². The predicted octanol–water partition coefficient (Wildman–Crippen LogP) is 1.92. The molecule has 1 saturated heterocycles. The van der Waals surface area contributed by atoms with Crippen LogP contribution in [-0.4, -0.2) is 48.9 Å². The first-order chi connectivity index (χ1) is 14.4. The molecule has 1 aliphatic heterocycles. The molecule has 1 fully saturated rings. The molecule has 3 rings (SSSR count). The summed E-state index contributed by atoms with van der Waals surface area (Å²) >= 11 is 6.12. The van der Waals surface area contributed by atoms with Crippen LogP contribution < -0.4 is 22.1 Å². The van der Waals surface area contributed by atoms with Crippen molar-refractivity contribution in [2.75, 3.05) is 31.1 Å². The van der Waals surface area contributed by atoms with Crippen LogP contribution in [0.25, 0.3) is 6.08 Å². The van der Waals surface area contributed by atoms with Gasteiger partial charge in [0, 0.05) is 37.3 Å². The Morgan fingerprint density at radius 1 is 1.00 bits per heavy atom. The van der Waals surface area contributed by atoms with Crippen LogP contribution in [0.5, 0.6) is 0 Å². The van der Waals surface area contributed by atoms with E-state index in [4.69, 9.17) is 28.8 Å². The Hall–Kier alpha value is -3.52. The van der Waals surface area contributed by atoms with Gasteiger partial charge in [0.1, 0.15) is 0 Å². The van der Waals surface area contributed by atoms with E-state index in [1.165, 1.54) is 0 Å². The predicted molar refractivity (Wildman–Crippen MR) is 123 cm³/mol. The topological polar surface area (TPSA) is 126 Å². The van der Waals surface area contributed by atoms with Crippen LogP contribution in [-0.2, 0) is 4.79 Å². The van der Waals surface area contributed by atoms with Crippen molar-refractivity contribution in [3.05, 3.63) is 65.2 Å². The van der Waals surface area contributed by atoms with Gasteiger partial charge in [-0.2, -0.15) is 4.99 Å². The Bertz CT molecular complexity index is 976. The van der Waals surface area contributed by atoms with Gasteiger partial charge in [-0.1, -0.05) is 41.9 Å². The van der Waals surface area contributed by atoms with E-state index >= 15 is 0 Å². The highest BCUT2D eigenvalue weighted by Gasteiger charge is 2.21. The smallest absolute Gasteiger partial charge is 0.246 e. The highest BCUT2D eigenvalue weighted by atomic mass is 35.5. The largest absolute Gasteiger partial charge is 0.370 e. The Balaban J connectivity index is 1.68. The van der Waals surface area contributed by atoms with E-state index in [-0.39, 0.29) is 17.8 Å². The molecular weight excluding hydrogens is 402 g/mol. The maximum Gasteiger partial charge on any atom is 0.246 e. The number of guanidine groups is 2. The number of rotatable bonds is 4. The van der Waals surface area contributed by atoms with Crippen molar-refractivity contribution >= 4 is 46.9 Å². The number of piperazine rings is 1. The molecule has 6 N–H and O–H groups in total. The van der Waals surface area contributed by atoms with Crippen LogP contribution >= 0.6 is 11.6 Å². The molecule has 30 heavy (non-hydrogen) atoms. The standard InChI is InChI=1S/C21H24ClN7O/c22-16-7-8-18(17(14-16)26-21(25)27-20(23)24)28-10-12-29(13-11-28)19(30)9-6-15-4-2-1-3-5-15/h1-9,14H,10-13H2,(H6,23,24,25,26,27). The monoisotopic (exact) mass is 425 g/mol. The zero-order valence-corrected chi connectivity index (χ0v) is 17.2. The van der Waals surface area contributed by atoms with Crippen LogP contribution in [0.1, 0.15) is 5.56 Å². The summed E-state index contributed by atoms with van der Waals surface area (Å²) in [5, 5.41) is 0.523. The fourth-order valence-electron chi connectivity index (χ4n) is 3.14. The molecule has 2 aromatic carbocycles. The van der Waals surface area contributed by atoms with Gasteiger partial charge < -0.3 is 27.0 Å². The maximum atomic E-state index is 12.5. The molecule has 8 nitrogen and oxygen atoms in total. The second-order valence-corrected chi connectivity index (χ2v) is 7.13. The Morgan fingerprint density at radius 2 is 1.70 bits per heavy atom. The SMILES string of the molecule is NC(N)=NC(N)=Nc1cc(Cl)ccc1N1CCN(C(=O)C=Cc2ccccc2)CC1. The molecule has 0 spiro atoms. The van der Waals surface area contributed by atoms with Gasteiger partial charge in [0.2, 0.25) is 11.9 Å². The number of aliphatic imine (C=N–C) groups is 2. The molecular formula is C21H24ClN7O. The Kier molecular flexibility index (Phi) is 6.92. The van der Waals surface area contributed by atoms with Gasteiger partial charge in [0.05, 0.1) is 11.4 Å². The number of carbonyl (C=O) groups is 1. The molecule has 1 aliphatic rings. The number of nitrogens with zero attached hydrogens (tertiary/aromatic N) is 4. The zero-order valence-electron chi connectivity index (χ0n) is 16.4. The molecule has 2 aromatic rings. The first kappa shape index (κ1) is 21.2. The van der Waals surface area contributed by atoms with Gasteiger partial charge in [0.25, 0.3) is 0 Å². The molecule has 1 amide bonds. The lowest BCUT2D eigenvalue weighted by molar-refractivity contribution is -0.126. The van der Waals surface area contributed by atoms with Crippen molar-refractivity contribution in [1.82, 2.24) is 4.90 Å². The summed E-state index contributed by atoms with van der Waals surface area (Å²) in [5.74, 6) is -0.237. The molecule has 1 heterocycles. The first-order valence-corrected chi connectivity index (χ1v) is 9.80. The Morgan fingerprint density at radius 3 is 2.37 bits per heavy atom. The highest BCUT2D eigenvalue weighted by molar-refractivity contribution is 6.31. The van der Waals surface area contributed by atoms with Gasteiger partial charge in [-0.05, 0) is 29.8 Å². The molecule has 9 heteroatoms. The van der Waals surface area contributed by atoms with Crippen molar-refractivity contribution in [3.63, 3.8) is 0 Å². The van der Waals surface area contributed by atoms with Gasteiger partial charge in [-0.3, -0.25) is 4.79 Å². The molecule has 0 aromatic heterocycles. The number of amides is 1. The lowest BCUT2D eigenvalue weighted by Crippen LogP contribution is -2.48. The highest BCUT2D eigenvalue weighted by Crippen LogP contribution is 2.32. The van der Waals surface area contributed by atoms with E-state index < -0.39 is 0 Å². The van der Waals surface area contributed by atoms with E-state index in [9.17, 15) is 4.79 Å². The summed E-state index contributed by atoms with van der Waals surface area (Å²) in [4.78, 5) is 24.5. The molecule has 156 valence electrons. The lowest BCUT2D eigenvalue weighted by atomic mass is 10.2. The number of carbonyl (C=O) groups excluding carboxylic acids is 1. The minimum absolute atomic E-state index is 0.00939. The van der Waals surface area contributed by atoms with Crippen LogP contribution in [0.15, 0.2) is 64.6 Å². The maximum absolute atomic E-state index is 12.5. The molecule has 0 saturated carbocycles. The normalized spacial score (nSPS) is 14.8. The van der Waals surface area contributed by atoms with Gasteiger partial charge in [-0.15, -0.1) is 0 Å². The lowest BCUT2D eigenvalue weighted by Gasteiger charge is -2.36. The van der Waals surface area contributed by atoms with Crippen molar-refractivity contribution in [2.45, 2.75) is 0 Å². The molecule has 0 radical (unpaired) electrons. The number of anilines is 1. The summed E-state index contributed by atoms with van der Waals surface area (Å²) in [6.07, 6.45) is 3.44. The molecule has 0 atom stereocenters. The third-order valence-corrected chi connectivity index (χ3v) is 4.80. The average molecular weight is 426 g/mol. The quantitative estimate of drug-likeness (QED) is 0.392. The van der Waals surface area contributed by atoms with Gasteiger partial charge in [0.15, 0.2) is 5.96 Å². The van der Waals surface area contributed by atoms with E-state index in [2.05, 4.69) is 14.9 Å². The Labute approximate surface area is 180 Å². The summed E-state index contributed by atoms with van der Waals surface area (Å²) in [6, 6.07) is 15.1. The molecule has 0 unspecified atom stereocenters. The average Bonchev–Trinajstić information content (AvgIpc) is 2.72. The summed E-state index contributed by atoms with van der Waals surface area (Å²) in [6.45, 7) is 2.48. The van der Waals surface area contributed by atoms with Crippen LogP contribution in [0, 0.1) is 0 Å². The third-order valence-electron chi connectivity index (χ3n) is 4.57.